The zero-order valence-corrected chi connectivity index (χ0v) is 8.45. The number of hydrogen-bond acceptors (Lipinski definition) is 2. The molecular weight excluding hydrogens is 223 g/mol. The molecule has 1 aromatic heterocycles. The van der Waals surface area contributed by atoms with Gasteiger partial charge in [0.05, 0.1) is 5.69 Å². The monoisotopic (exact) mass is 228 g/mol. The van der Waals surface area contributed by atoms with Crippen LogP contribution in [-0.2, 0) is 0 Å². The average Bonchev–Trinajstić information content (AvgIpc) is 2.78. The van der Waals surface area contributed by atoms with Crippen molar-refractivity contribution < 1.29 is 4.39 Å². The number of aromatic nitrogens is 2. The van der Waals surface area contributed by atoms with Gasteiger partial charge in [-0.1, -0.05) is 17.8 Å². The first-order valence-corrected chi connectivity index (χ1v) is 4.51. The Morgan fingerprint density at radius 1 is 1.47 bits per heavy atom. The summed E-state index contributed by atoms with van der Waals surface area (Å²) in [6.45, 7) is 6.76. The largest absolute Gasteiger partial charge is 0.359 e. The minimum Gasteiger partial charge on any atom is -0.359 e. The third kappa shape index (κ3) is 2.07. The van der Waals surface area contributed by atoms with Crippen molar-refractivity contribution in [3.63, 3.8) is 0 Å². The van der Waals surface area contributed by atoms with Gasteiger partial charge in [-0.3, -0.25) is 4.57 Å². The first-order valence-electron chi connectivity index (χ1n) is 4.51. The van der Waals surface area contributed by atoms with Crippen LogP contribution in [0.3, 0.4) is 0 Å². The van der Waals surface area contributed by atoms with Crippen LogP contribution in [0.15, 0.2) is 35.8 Å². The fourth-order valence-electron chi connectivity index (χ4n) is 1.32. The van der Waals surface area contributed by atoms with E-state index in [0.717, 1.165) is 6.07 Å². The summed E-state index contributed by atoms with van der Waals surface area (Å²) in [4.78, 5) is 9.46. The van der Waals surface area contributed by atoms with Crippen LogP contribution in [-0.4, -0.2) is 9.55 Å². The Hall–Kier alpha value is -2.84. The molecule has 0 spiro atoms. The van der Waals surface area contributed by atoms with E-state index < -0.39 is 5.82 Å². The molecule has 7 heteroatoms. The Balaban J connectivity index is 2.46. The molecule has 1 aromatic carbocycles. The van der Waals surface area contributed by atoms with E-state index in [4.69, 9.17) is 12.1 Å². The molecule has 1 heterocycles. The Labute approximate surface area is 95.4 Å². The lowest BCUT2D eigenvalue weighted by molar-refractivity contribution is 0.618. The Morgan fingerprint density at radius 2 is 2.29 bits per heavy atom. The van der Waals surface area contributed by atoms with Crippen molar-refractivity contribution in [2.45, 2.75) is 0 Å². The summed E-state index contributed by atoms with van der Waals surface area (Å²) in [7, 11) is 0. The molecule has 6 nitrogen and oxygen atoms in total. The second kappa shape index (κ2) is 4.35. The van der Waals surface area contributed by atoms with Gasteiger partial charge in [-0.05, 0) is 17.7 Å². The molecule has 0 aliphatic heterocycles. The molecule has 0 aliphatic rings. The summed E-state index contributed by atoms with van der Waals surface area (Å²) in [5.74, 6) is -0.368. The molecule has 0 saturated heterocycles. The lowest BCUT2D eigenvalue weighted by atomic mass is 10.2. The molecule has 82 valence electrons. The molecule has 0 atom stereocenters. The van der Waals surface area contributed by atoms with Crippen LogP contribution in [0.1, 0.15) is 0 Å². The number of nitrogens with zero attached hydrogens (tertiary/aromatic N) is 6. The highest BCUT2D eigenvalue weighted by Crippen LogP contribution is 2.21. The van der Waals surface area contributed by atoms with Gasteiger partial charge in [0, 0.05) is 16.8 Å². The Bertz CT molecular complexity index is 647. The van der Waals surface area contributed by atoms with E-state index in [9.17, 15) is 4.39 Å². The molecular formula is C10H5FN6. The number of imidazole rings is 1. The van der Waals surface area contributed by atoms with Crippen LogP contribution in [0.4, 0.5) is 15.9 Å². The van der Waals surface area contributed by atoms with Crippen molar-refractivity contribution in [1.29, 1.82) is 0 Å². The standard InChI is InChI=1S/C10H5FN6/c1-13-10-5-17(6-14-10)9-3-2-7(15-16-12)4-8(9)11/h2-6H. The zero-order valence-electron chi connectivity index (χ0n) is 8.45. The molecule has 0 saturated carbocycles. The zero-order chi connectivity index (χ0) is 12.3. The van der Waals surface area contributed by atoms with E-state index in [-0.39, 0.29) is 17.2 Å². The van der Waals surface area contributed by atoms with Crippen molar-refractivity contribution in [3.8, 4) is 5.69 Å². The smallest absolute Gasteiger partial charge is 0.287 e. The molecule has 0 N–H and O–H groups in total. The van der Waals surface area contributed by atoms with Crippen LogP contribution in [0, 0.1) is 12.4 Å². The predicted octanol–water partition coefficient (Wildman–Crippen LogP) is 3.50. The number of hydrogen-bond donors (Lipinski definition) is 0. The molecule has 2 aromatic rings. The van der Waals surface area contributed by atoms with E-state index >= 15 is 0 Å². The van der Waals surface area contributed by atoms with Gasteiger partial charge >= 0.3 is 0 Å². The van der Waals surface area contributed by atoms with Gasteiger partial charge in [0.1, 0.15) is 5.82 Å². The van der Waals surface area contributed by atoms with Gasteiger partial charge in [-0.15, -0.1) is 4.98 Å². The molecule has 17 heavy (non-hydrogen) atoms. The highest BCUT2D eigenvalue weighted by atomic mass is 19.1. The maximum atomic E-state index is 13.7. The van der Waals surface area contributed by atoms with E-state index in [2.05, 4.69) is 19.9 Å². The van der Waals surface area contributed by atoms with Gasteiger partial charge in [-0.2, -0.15) is 0 Å². The van der Waals surface area contributed by atoms with Gasteiger partial charge in [0.2, 0.25) is 0 Å². The minimum absolute atomic E-state index is 0.184. The quantitative estimate of drug-likeness (QED) is 0.335. The molecule has 0 aliphatic carbocycles. The highest BCUT2D eigenvalue weighted by molar-refractivity contribution is 5.47. The second-order valence-corrected chi connectivity index (χ2v) is 3.08. The number of benzene rings is 1. The minimum atomic E-state index is -0.552. The fraction of sp³-hybridized carbons (Fsp3) is 0. The second-order valence-electron chi connectivity index (χ2n) is 3.08. The summed E-state index contributed by atoms with van der Waals surface area (Å²) < 4.78 is 15.1. The summed E-state index contributed by atoms with van der Waals surface area (Å²) in [6.07, 6.45) is 2.76. The van der Waals surface area contributed by atoms with Gasteiger partial charge < -0.3 is 4.85 Å². The fourth-order valence-corrected chi connectivity index (χ4v) is 1.32. The third-order valence-corrected chi connectivity index (χ3v) is 2.05. The van der Waals surface area contributed by atoms with E-state index in [0.29, 0.717) is 0 Å². The molecule has 0 bridgehead atoms. The topological polar surface area (TPSA) is 70.9 Å². The van der Waals surface area contributed by atoms with Gasteiger partial charge in [0.15, 0.2) is 6.33 Å². The van der Waals surface area contributed by atoms with Crippen molar-refractivity contribution >= 4 is 11.5 Å². The number of azide groups is 1. The van der Waals surface area contributed by atoms with Crippen molar-refractivity contribution in [1.82, 2.24) is 9.55 Å². The average molecular weight is 228 g/mol. The van der Waals surface area contributed by atoms with Gasteiger partial charge in [0.25, 0.3) is 5.82 Å². The Kier molecular flexibility index (Phi) is 2.73. The summed E-state index contributed by atoms with van der Waals surface area (Å²) in [6, 6.07) is 4.05. The van der Waals surface area contributed by atoms with Crippen LogP contribution in [0.5, 0.6) is 0 Å². The Morgan fingerprint density at radius 3 is 2.88 bits per heavy atom. The lowest BCUT2D eigenvalue weighted by Gasteiger charge is -2.03. The molecule has 0 amide bonds. The van der Waals surface area contributed by atoms with E-state index in [1.165, 1.54) is 29.2 Å². The molecule has 0 radical (unpaired) electrons. The predicted molar refractivity (Wildman–Crippen MR) is 58.6 cm³/mol. The van der Waals surface area contributed by atoms with Crippen LogP contribution < -0.4 is 0 Å². The molecule has 0 unspecified atom stereocenters. The van der Waals surface area contributed by atoms with Crippen molar-refractivity contribution in [2.24, 2.45) is 5.11 Å². The van der Waals surface area contributed by atoms with E-state index in [1.54, 1.807) is 0 Å². The van der Waals surface area contributed by atoms with Gasteiger partial charge in [-0.25, -0.2) is 4.39 Å². The maximum Gasteiger partial charge on any atom is 0.287 e. The van der Waals surface area contributed by atoms with Crippen molar-refractivity contribution in [3.05, 3.63) is 58.4 Å². The first-order chi connectivity index (χ1) is 8.24. The van der Waals surface area contributed by atoms with Crippen LogP contribution >= 0.6 is 0 Å². The van der Waals surface area contributed by atoms with E-state index in [1.807, 2.05) is 0 Å². The lowest BCUT2D eigenvalue weighted by Crippen LogP contribution is -1.93. The SMILES string of the molecule is [C-]#[N+]c1cn(-c2ccc(N=[N+]=[N-])cc2F)cn1. The normalized spacial score (nSPS) is 9.41. The summed E-state index contributed by atoms with van der Waals surface area (Å²) >= 11 is 0. The number of halogens is 1. The van der Waals surface area contributed by atoms with Crippen LogP contribution in [0.25, 0.3) is 21.0 Å². The van der Waals surface area contributed by atoms with Crippen molar-refractivity contribution in [2.75, 3.05) is 0 Å². The first kappa shape index (κ1) is 10.7. The molecule has 2 rings (SSSR count). The summed E-state index contributed by atoms with van der Waals surface area (Å²) in [5, 5.41) is 3.29. The maximum absolute atomic E-state index is 13.7. The highest BCUT2D eigenvalue weighted by Gasteiger charge is 2.07. The van der Waals surface area contributed by atoms with Crippen LogP contribution in [0.2, 0.25) is 0 Å². The molecule has 0 fully saturated rings. The third-order valence-electron chi connectivity index (χ3n) is 2.05. The number of rotatable bonds is 2. The summed E-state index contributed by atoms with van der Waals surface area (Å²) in [5.41, 5.74) is 8.65.